The van der Waals surface area contributed by atoms with Gasteiger partial charge in [-0.15, -0.1) is 0 Å². The summed E-state index contributed by atoms with van der Waals surface area (Å²) in [5.74, 6) is 1.66. The van der Waals surface area contributed by atoms with Crippen LogP contribution in [0.3, 0.4) is 0 Å². The van der Waals surface area contributed by atoms with Crippen molar-refractivity contribution in [3.05, 3.63) is 36.2 Å². The molecule has 1 aromatic carbocycles. The van der Waals surface area contributed by atoms with Crippen molar-refractivity contribution >= 4 is 11.6 Å². The number of hydrogen-bond donors (Lipinski definition) is 1. The largest absolute Gasteiger partial charge is 0.497 e. The maximum Gasteiger partial charge on any atom is 0.207 e. The summed E-state index contributed by atoms with van der Waals surface area (Å²) in [7, 11) is 3.38. The molecule has 0 amide bonds. The van der Waals surface area contributed by atoms with Crippen molar-refractivity contribution in [1.29, 1.82) is 0 Å². The van der Waals surface area contributed by atoms with Gasteiger partial charge in [0.25, 0.3) is 0 Å². The SMILES string of the molecule is COCCCn1cc(C)nc1Nc1cccc(OC)c1. The summed E-state index contributed by atoms with van der Waals surface area (Å²) >= 11 is 0. The van der Waals surface area contributed by atoms with Gasteiger partial charge in [-0.1, -0.05) is 6.07 Å². The predicted octanol–water partition coefficient (Wildman–Crippen LogP) is 2.98. The van der Waals surface area contributed by atoms with Gasteiger partial charge in [-0.3, -0.25) is 0 Å². The van der Waals surface area contributed by atoms with Gasteiger partial charge < -0.3 is 19.4 Å². The minimum atomic E-state index is 0.746. The molecule has 5 nitrogen and oxygen atoms in total. The third-order valence-corrected chi connectivity index (χ3v) is 2.97. The third kappa shape index (κ3) is 3.74. The van der Waals surface area contributed by atoms with Crippen LogP contribution in [0, 0.1) is 6.92 Å². The van der Waals surface area contributed by atoms with Crippen molar-refractivity contribution in [2.24, 2.45) is 0 Å². The van der Waals surface area contributed by atoms with Gasteiger partial charge in [-0.2, -0.15) is 0 Å². The summed E-state index contributed by atoms with van der Waals surface area (Å²) in [6.45, 7) is 3.61. The molecule has 0 bridgehead atoms. The van der Waals surface area contributed by atoms with Crippen LogP contribution in [0.2, 0.25) is 0 Å². The lowest BCUT2D eigenvalue weighted by Crippen LogP contribution is -2.05. The second-order valence-electron chi connectivity index (χ2n) is 4.60. The van der Waals surface area contributed by atoms with E-state index >= 15 is 0 Å². The molecule has 108 valence electrons. The number of ether oxygens (including phenoxy) is 2. The van der Waals surface area contributed by atoms with Crippen LogP contribution < -0.4 is 10.1 Å². The highest BCUT2D eigenvalue weighted by molar-refractivity contribution is 5.56. The van der Waals surface area contributed by atoms with Gasteiger partial charge in [0.05, 0.1) is 12.8 Å². The Balaban J connectivity index is 2.11. The molecule has 0 radical (unpaired) electrons. The Bertz CT molecular complexity index is 552. The van der Waals surface area contributed by atoms with Crippen molar-refractivity contribution in [1.82, 2.24) is 9.55 Å². The van der Waals surface area contributed by atoms with Crippen LogP contribution in [0.5, 0.6) is 5.75 Å². The highest BCUT2D eigenvalue weighted by atomic mass is 16.5. The zero-order valence-electron chi connectivity index (χ0n) is 12.2. The summed E-state index contributed by atoms with van der Waals surface area (Å²) in [6, 6.07) is 7.81. The quantitative estimate of drug-likeness (QED) is 0.789. The van der Waals surface area contributed by atoms with E-state index in [1.54, 1.807) is 14.2 Å². The van der Waals surface area contributed by atoms with Gasteiger partial charge in [0.15, 0.2) is 0 Å². The molecule has 0 saturated carbocycles. The number of nitrogens with zero attached hydrogens (tertiary/aromatic N) is 2. The lowest BCUT2D eigenvalue weighted by molar-refractivity contribution is 0.190. The molecule has 2 aromatic rings. The van der Waals surface area contributed by atoms with Crippen LogP contribution in [-0.2, 0) is 11.3 Å². The number of rotatable bonds is 7. The first-order valence-electron chi connectivity index (χ1n) is 6.66. The van der Waals surface area contributed by atoms with Crippen molar-refractivity contribution in [3.8, 4) is 5.75 Å². The number of nitrogens with one attached hydrogen (secondary N) is 1. The van der Waals surface area contributed by atoms with Gasteiger partial charge in [-0.05, 0) is 25.5 Å². The van der Waals surface area contributed by atoms with Gasteiger partial charge in [-0.25, -0.2) is 4.98 Å². The van der Waals surface area contributed by atoms with Gasteiger partial charge in [0.2, 0.25) is 5.95 Å². The van der Waals surface area contributed by atoms with Crippen molar-refractivity contribution in [2.45, 2.75) is 19.9 Å². The zero-order valence-corrected chi connectivity index (χ0v) is 12.2. The van der Waals surface area contributed by atoms with Crippen LogP contribution in [0.1, 0.15) is 12.1 Å². The van der Waals surface area contributed by atoms with E-state index in [0.29, 0.717) is 0 Å². The highest BCUT2D eigenvalue weighted by Crippen LogP contribution is 2.21. The molecule has 1 heterocycles. The Kier molecular flexibility index (Phi) is 5.01. The molecule has 0 fully saturated rings. The van der Waals surface area contributed by atoms with E-state index in [0.717, 1.165) is 42.7 Å². The minimum Gasteiger partial charge on any atom is -0.497 e. The molecule has 0 aliphatic carbocycles. The number of benzene rings is 1. The summed E-state index contributed by atoms with van der Waals surface area (Å²) < 4.78 is 12.4. The van der Waals surface area contributed by atoms with Gasteiger partial charge >= 0.3 is 0 Å². The van der Waals surface area contributed by atoms with E-state index in [1.165, 1.54) is 0 Å². The van der Waals surface area contributed by atoms with Crippen molar-refractivity contribution < 1.29 is 9.47 Å². The molecule has 5 heteroatoms. The second-order valence-corrected chi connectivity index (χ2v) is 4.60. The molecule has 1 N–H and O–H groups in total. The molecule has 2 rings (SSSR count). The van der Waals surface area contributed by atoms with Gasteiger partial charge in [0.1, 0.15) is 5.75 Å². The summed E-state index contributed by atoms with van der Waals surface area (Å²) in [6.07, 6.45) is 3.00. The fourth-order valence-corrected chi connectivity index (χ4v) is 2.03. The molecule has 20 heavy (non-hydrogen) atoms. The maximum atomic E-state index is 5.22. The van der Waals surface area contributed by atoms with Crippen molar-refractivity contribution in [2.75, 3.05) is 26.1 Å². The first kappa shape index (κ1) is 14.4. The van der Waals surface area contributed by atoms with E-state index in [9.17, 15) is 0 Å². The van der Waals surface area contributed by atoms with E-state index in [-0.39, 0.29) is 0 Å². The lowest BCUT2D eigenvalue weighted by atomic mass is 10.3. The summed E-state index contributed by atoms with van der Waals surface area (Å²) in [5, 5.41) is 3.33. The molecule has 0 atom stereocenters. The van der Waals surface area contributed by atoms with Crippen LogP contribution in [-0.4, -0.2) is 30.4 Å². The fraction of sp³-hybridized carbons (Fsp3) is 0.400. The van der Waals surface area contributed by atoms with E-state index in [4.69, 9.17) is 9.47 Å². The standard InChI is InChI=1S/C15H21N3O2/c1-12-11-18(8-5-9-19-2)15(16-12)17-13-6-4-7-14(10-13)20-3/h4,6-7,10-11H,5,8-9H2,1-3H3,(H,16,17). The average Bonchev–Trinajstić information content (AvgIpc) is 2.79. The Morgan fingerprint density at radius 1 is 1.30 bits per heavy atom. The number of imidazole rings is 1. The summed E-state index contributed by atoms with van der Waals surface area (Å²) in [4.78, 5) is 4.51. The molecular formula is C15H21N3O2. The fourth-order valence-electron chi connectivity index (χ4n) is 2.03. The van der Waals surface area contributed by atoms with Crippen molar-refractivity contribution in [3.63, 3.8) is 0 Å². The maximum absolute atomic E-state index is 5.22. The Morgan fingerprint density at radius 3 is 2.90 bits per heavy atom. The van der Waals surface area contributed by atoms with Crippen LogP contribution in [0.4, 0.5) is 11.6 Å². The van der Waals surface area contributed by atoms with Gasteiger partial charge in [0, 0.05) is 38.2 Å². The van der Waals surface area contributed by atoms with Crippen LogP contribution >= 0.6 is 0 Å². The van der Waals surface area contributed by atoms with Crippen LogP contribution in [0.25, 0.3) is 0 Å². The Morgan fingerprint density at radius 2 is 2.15 bits per heavy atom. The van der Waals surface area contributed by atoms with E-state index in [2.05, 4.69) is 14.9 Å². The molecule has 0 saturated heterocycles. The molecule has 0 spiro atoms. The normalized spacial score (nSPS) is 10.6. The molecule has 0 aliphatic rings. The lowest BCUT2D eigenvalue weighted by Gasteiger charge is -2.10. The second kappa shape index (κ2) is 6.96. The molecule has 0 unspecified atom stereocenters. The summed E-state index contributed by atoms with van der Waals surface area (Å²) in [5.41, 5.74) is 1.95. The molecule has 0 aliphatic heterocycles. The first-order valence-corrected chi connectivity index (χ1v) is 6.66. The Labute approximate surface area is 119 Å². The van der Waals surface area contributed by atoms with E-state index < -0.39 is 0 Å². The number of aromatic nitrogens is 2. The number of anilines is 2. The zero-order chi connectivity index (χ0) is 14.4. The highest BCUT2D eigenvalue weighted by Gasteiger charge is 2.06. The number of hydrogen-bond acceptors (Lipinski definition) is 4. The smallest absolute Gasteiger partial charge is 0.207 e. The minimum absolute atomic E-state index is 0.746. The molecule has 1 aromatic heterocycles. The molecular weight excluding hydrogens is 254 g/mol. The average molecular weight is 275 g/mol. The van der Waals surface area contributed by atoms with Crippen LogP contribution in [0.15, 0.2) is 30.5 Å². The first-order chi connectivity index (χ1) is 9.72. The predicted molar refractivity (Wildman–Crippen MR) is 79.7 cm³/mol. The number of methoxy groups -OCH3 is 2. The topological polar surface area (TPSA) is 48.3 Å². The third-order valence-electron chi connectivity index (χ3n) is 2.97. The monoisotopic (exact) mass is 275 g/mol. The Hall–Kier alpha value is -2.01. The van der Waals surface area contributed by atoms with E-state index in [1.807, 2.05) is 37.4 Å². The number of aryl methyl sites for hydroxylation is 2.